The van der Waals surface area contributed by atoms with E-state index in [9.17, 15) is 14.7 Å². The number of phenolic OH excluding ortho intramolecular Hbond substituents is 1. The van der Waals surface area contributed by atoms with Crippen molar-refractivity contribution in [1.82, 2.24) is 5.43 Å². The predicted molar refractivity (Wildman–Crippen MR) is 126 cm³/mol. The van der Waals surface area contributed by atoms with Gasteiger partial charge in [0.25, 0.3) is 11.8 Å². The smallest absolute Gasteiger partial charge is 0.271 e. The second kappa shape index (κ2) is 10.8. The molecule has 0 saturated heterocycles. The summed E-state index contributed by atoms with van der Waals surface area (Å²) in [6.07, 6.45) is 1.46. The third-order valence-corrected chi connectivity index (χ3v) is 4.71. The van der Waals surface area contributed by atoms with Gasteiger partial charge in [0.05, 0.1) is 13.3 Å². The summed E-state index contributed by atoms with van der Waals surface area (Å²) in [4.78, 5) is 24.3. The molecular weight excluding hydrogens is 422 g/mol. The first kappa shape index (κ1) is 23.3. The number of carbonyl (C=O) groups is 2. The van der Waals surface area contributed by atoms with Crippen LogP contribution in [0.2, 0.25) is 0 Å². The molecule has 0 aliphatic heterocycles. The highest BCUT2D eigenvalue weighted by Crippen LogP contribution is 2.27. The van der Waals surface area contributed by atoms with Crippen LogP contribution in [0.15, 0.2) is 65.8 Å². The lowest BCUT2D eigenvalue weighted by molar-refractivity contribution is -0.118. The summed E-state index contributed by atoms with van der Waals surface area (Å²) in [6.45, 7) is 3.74. The Morgan fingerprint density at radius 1 is 1.00 bits per heavy atom. The van der Waals surface area contributed by atoms with Crippen LogP contribution in [0, 0.1) is 13.8 Å². The Morgan fingerprint density at radius 2 is 1.76 bits per heavy atom. The Morgan fingerprint density at radius 3 is 2.45 bits per heavy atom. The van der Waals surface area contributed by atoms with Crippen LogP contribution in [0.3, 0.4) is 0 Å². The lowest BCUT2D eigenvalue weighted by Crippen LogP contribution is -2.20. The molecule has 8 heteroatoms. The number of hydrogen-bond donors (Lipinski definition) is 3. The van der Waals surface area contributed by atoms with E-state index in [4.69, 9.17) is 9.47 Å². The van der Waals surface area contributed by atoms with Gasteiger partial charge in [-0.2, -0.15) is 5.10 Å². The zero-order valence-electron chi connectivity index (χ0n) is 18.6. The second-order valence-electron chi connectivity index (χ2n) is 7.31. The van der Waals surface area contributed by atoms with Crippen LogP contribution < -0.4 is 20.2 Å². The molecule has 170 valence electrons. The van der Waals surface area contributed by atoms with Gasteiger partial charge in [-0.15, -0.1) is 0 Å². The van der Waals surface area contributed by atoms with Crippen molar-refractivity contribution in [2.75, 3.05) is 19.0 Å². The second-order valence-corrected chi connectivity index (χ2v) is 7.31. The van der Waals surface area contributed by atoms with Crippen LogP contribution in [0.1, 0.15) is 27.0 Å². The Balaban J connectivity index is 1.57. The van der Waals surface area contributed by atoms with Crippen LogP contribution in [-0.4, -0.2) is 36.9 Å². The van der Waals surface area contributed by atoms with Gasteiger partial charge in [-0.3, -0.25) is 9.59 Å². The predicted octanol–water partition coefficient (Wildman–Crippen LogP) is 3.80. The van der Waals surface area contributed by atoms with Crippen molar-refractivity contribution in [2.24, 2.45) is 5.10 Å². The van der Waals surface area contributed by atoms with E-state index in [1.807, 2.05) is 32.0 Å². The van der Waals surface area contributed by atoms with Crippen molar-refractivity contribution in [3.63, 3.8) is 0 Å². The molecule has 2 amide bonds. The van der Waals surface area contributed by atoms with Gasteiger partial charge in [0.1, 0.15) is 5.75 Å². The molecule has 0 atom stereocenters. The zero-order valence-corrected chi connectivity index (χ0v) is 18.6. The first-order chi connectivity index (χ1) is 15.9. The highest BCUT2D eigenvalue weighted by molar-refractivity contribution is 5.95. The molecule has 0 unspecified atom stereocenters. The standard InChI is InChI=1S/C25H25N3O5/c1-16-4-10-21(17(2)12-16)27-24(30)15-33-22-11-5-18(13-23(22)32-3)14-26-28-25(31)19-6-8-20(29)9-7-19/h4-14,29H,15H2,1-3H3,(H,27,30)(H,28,31)/b26-14+. The Bertz CT molecular complexity index is 1170. The maximum Gasteiger partial charge on any atom is 0.271 e. The van der Waals surface area contributed by atoms with Crippen LogP contribution in [0.5, 0.6) is 17.2 Å². The van der Waals surface area contributed by atoms with E-state index in [1.165, 1.54) is 37.6 Å². The van der Waals surface area contributed by atoms with E-state index in [0.29, 0.717) is 22.6 Å². The van der Waals surface area contributed by atoms with Crippen molar-refractivity contribution < 1.29 is 24.2 Å². The van der Waals surface area contributed by atoms with Gasteiger partial charge in [0, 0.05) is 11.3 Å². The number of methoxy groups -OCH3 is 1. The zero-order chi connectivity index (χ0) is 23.8. The number of anilines is 1. The van der Waals surface area contributed by atoms with Gasteiger partial charge in [-0.25, -0.2) is 5.43 Å². The molecule has 3 aromatic carbocycles. The molecule has 0 spiro atoms. The van der Waals surface area contributed by atoms with Gasteiger partial charge in [0.2, 0.25) is 0 Å². The van der Waals surface area contributed by atoms with E-state index in [1.54, 1.807) is 18.2 Å². The summed E-state index contributed by atoms with van der Waals surface area (Å²) >= 11 is 0. The van der Waals surface area contributed by atoms with Crippen molar-refractivity contribution in [3.05, 3.63) is 82.9 Å². The average Bonchev–Trinajstić information content (AvgIpc) is 2.80. The SMILES string of the molecule is COc1cc(/C=N/NC(=O)c2ccc(O)cc2)ccc1OCC(=O)Nc1ccc(C)cc1C. The molecule has 0 aromatic heterocycles. The normalized spacial score (nSPS) is 10.6. The highest BCUT2D eigenvalue weighted by Gasteiger charge is 2.10. The molecule has 0 heterocycles. The number of rotatable bonds is 8. The van der Waals surface area contributed by atoms with Gasteiger partial charge in [0.15, 0.2) is 18.1 Å². The minimum Gasteiger partial charge on any atom is -0.508 e. The number of benzene rings is 3. The summed E-state index contributed by atoms with van der Waals surface area (Å²) in [7, 11) is 1.49. The molecule has 3 rings (SSSR count). The number of amides is 2. The first-order valence-electron chi connectivity index (χ1n) is 10.2. The van der Waals surface area contributed by atoms with Gasteiger partial charge >= 0.3 is 0 Å². The molecule has 0 radical (unpaired) electrons. The number of hydrazone groups is 1. The third-order valence-electron chi connectivity index (χ3n) is 4.71. The average molecular weight is 447 g/mol. The van der Waals surface area contributed by atoms with Crippen molar-refractivity contribution in [2.45, 2.75) is 13.8 Å². The summed E-state index contributed by atoms with van der Waals surface area (Å²) < 4.78 is 11.0. The summed E-state index contributed by atoms with van der Waals surface area (Å²) in [6, 6.07) is 16.7. The third kappa shape index (κ3) is 6.57. The van der Waals surface area contributed by atoms with Crippen molar-refractivity contribution in [3.8, 4) is 17.2 Å². The van der Waals surface area contributed by atoms with Crippen LogP contribution >= 0.6 is 0 Å². The van der Waals surface area contributed by atoms with Crippen molar-refractivity contribution in [1.29, 1.82) is 0 Å². The number of carbonyl (C=O) groups excluding carboxylic acids is 2. The minimum absolute atomic E-state index is 0.0761. The van der Waals surface area contributed by atoms with Crippen LogP contribution in [0.25, 0.3) is 0 Å². The molecule has 0 aliphatic carbocycles. The molecular formula is C25H25N3O5. The van der Waals surface area contributed by atoms with Gasteiger partial charge in [-0.1, -0.05) is 17.7 Å². The monoisotopic (exact) mass is 447 g/mol. The summed E-state index contributed by atoms with van der Waals surface area (Å²) in [5, 5.41) is 16.0. The fourth-order valence-electron chi connectivity index (χ4n) is 3.01. The number of nitrogens with one attached hydrogen (secondary N) is 2. The molecule has 0 bridgehead atoms. The van der Waals surface area contributed by atoms with Gasteiger partial charge in [-0.05, 0) is 73.5 Å². The molecule has 3 aromatic rings. The molecule has 0 fully saturated rings. The molecule has 3 N–H and O–H groups in total. The number of phenols is 1. The van der Waals surface area contributed by atoms with Crippen LogP contribution in [0.4, 0.5) is 5.69 Å². The number of ether oxygens (including phenoxy) is 2. The summed E-state index contributed by atoms with van der Waals surface area (Å²) in [5.74, 6) is 0.202. The molecule has 8 nitrogen and oxygen atoms in total. The first-order valence-corrected chi connectivity index (χ1v) is 10.2. The number of nitrogens with zero attached hydrogens (tertiary/aromatic N) is 1. The topological polar surface area (TPSA) is 109 Å². The fourth-order valence-corrected chi connectivity index (χ4v) is 3.01. The number of aromatic hydroxyl groups is 1. The number of hydrogen-bond acceptors (Lipinski definition) is 6. The van der Waals surface area contributed by atoms with E-state index in [2.05, 4.69) is 15.8 Å². The van der Waals surface area contributed by atoms with E-state index in [0.717, 1.165) is 16.8 Å². The minimum atomic E-state index is -0.409. The number of aryl methyl sites for hydroxylation is 2. The maximum absolute atomic E-state index is 12.3. The lowest BCUT2D eigenvalue weighted by atomic mass is 10.1. The lowest BCUT2D eigenvalue weighted by Gasteiger charge is -2.12. The van der Waals surface area contributed by atoms with E-state index in [-0.39, 0.29) is 18.3 Å². The van der Waals surface area contributed by atoms with Crippen molar-refractivity contribution >= 4 is 23.7 Å². The Hall–Kier alpha value is -4.33. The van der Waals surface area contributed by atoms with E-state index < -0.39 is 5.91 Å². The molecule has 0 aliphatic rings. The quantitative estimate of drug-likeness (QED) is 0.359. The van der Waals surface area contributed by atoms with Gasteiger partial charge < -0.3 is 19.9 Å². The summed E-state index contributed by atoms with van der Waals surface area (Å²) in [5.41, 5.74) is 6.27. The molecule has 0 saturated carbocycles. The molecule has 33 heavy (non-hydrogen) atoms. The van der Waals surface area contributed by atoms with E-state index >= 15 is 0 Å². The highest BCUT2D eigenvalue weighted by atomic mass is 16.5. The van der Waals surface area contributed by atoms with Crippen LogP contribution in [-0.2, 0) is 4.79 Å². The fraction of sp³-hybridized carbons (Fsp3) is 0.160. The Kier molecular flexibility index (Phi) is 7.64. The maximum atomic E-state index is 12.3. The largest absolute Gasteiger partial charge is 0.508 e. The Labute approximate surface area is 191 Å².